The first kappa shape index (κ1) is 24.7. The number of pyridine rings is 2. The molecule has 0 aliphatic carbocycles. The summed E-state index contributed by atoms with van der Waals surface area (Å²) in [6.45, 7) is 6.53. The quantitative estimate of drug-likeness (QED) is 0.392. The number of aromatic nitrogens is 6. The fraction of sp³-hybridized carbons (Fsp3) is 0.385. The summed E-state index contributed by atoms with van der Waals surface area (Å²) < 4.78 is 16.7. The Morgan fingerprint density at radius 1 is 1.14 bits per heavy atom. The molecule has 4 aromatic rings. The largest absolute Gasteiger partial charge is 0.328 e. The predicted octanol–water partition coefficient (Wildman–Crippen LogP) is 4.11. The summed E-state index contributed by atoms with van der Waals surface area (Å²) in [6.07, 6.45) is 6.36. The SMILES string of the molecule is Cc1cnc(Nc2ccc(N3CCC(N(C)C)CC3=O)cn2)nc1-c1cc2c(ncn2C(C)C)c(F)n1. The normalized spacial score (nSPS) is 16.3. The average Bonchev–Trinajstić information content (AvgIpc) is 3.31. The van der Waals surface area contributed by atoms with Crippen molar-refractivity contribution in [2.75, 3.05) is 30.9 Å². The molecule has 1 amide bonds. The maximum Gasteiger partial charge on any atom is 0.241 e. The molecule has 1 fully saturated rings. The van der Waals surface area contributed by atoms with Crippen molar-refractivity contribution >= 4 is 34.4 Å². The van der Waals surface area contributed by atoms with Crippen molar-refractivity contribution in [1.29, 1.82) is 0 Å². The van der Waals surface area contributed by atoms with Gasteiger partial charge in [0.05, 0.1) is 35.1 Å². The Balaban J connectivity index is 1.37. The first-order chi connectivity index (χ1) is 17.7. The number of halogens is 1. The highest BCUT2D eigenvalue weighted by Gasteiger charge is 2.28. The molecule has 0 radical (unpaired) electrons. The Kier molecular flexibility index (Phi) is 6.55. The number of piperidine rings is 1. The van der Waals surface area contributed by atoms with Gasteiger partial charge in [-0.1, -0.05) is 0 Å². The number of hydrogen-bond donors (Lipinski definition) is 1. The van der Waals surface area contributed by atoms with Crippen molar-refractivity contribution in [3.8, 4) is 11.4 Å². The van der Waals surface area contributed by atoms with Crippen LogP contribution in [0.25, 0.3) is 22.4 Å². The van der Waals surface area contributed by atoms with Crippen molar-refractivity contribution in [3.05, 3.63) is 48.4 Å². The first-order valence-corrected chi connectivity index (χ1v) is 12.3. The molecule has 0 spiro atoms. The van der Waals surface area contributed by atoms with Gasteiger partial charge in [0.25, 0.3) is 0 Å². The number of hydrogen-bond acceptors (Lipinski definition) is 8. The van der Waals surface area contributed by atoms with E-state index in [-0.39, 0.29) is 23.5 Å². The fourth-order valence-electron chi connectivity index (χ4n) is 4.55. The fourth-order valence-corrected chi connectivity index (χ4v) is 4.55. The van der Waals surface area contributed by atoms with Gasteiger partial charge >= 0.3 is 0 Å². The molecule has 1 aliphatic heterocycles. The minimum atomic E-state index is -0.638. The van der Waals surface area contributed by atoms with Gasteiger partial charge in [-0.15, -0.1) is 0 Å². The lowest BCUT2D eigenvalue weighted by molar-refractivity contribution is -0.120. The van der Waals surface area contributed by atoms with Gasteiger partial charge in [-0.05, 0) is 65.0 Å². The molecular weight excluding hydrogens is 473 g/mol. The Bertz CT molecular complexity index is 1450. The number of rotatable bonds is 6. The summed E-state index contributed by atoms with van der Waals surface area (Å²) in [5.41, 5.74) is 3.32. The second kappa shape index (κ2) is 9.81. The Hall–Kier alpha value is -3.99. The first-order valence-electron chi connectivity index (χ1n) is 12.3. The number of imidazole rings is 1. The Morgan fingerprint density at radius 3 is 2.62 bits per heavy atom. The zero-order valence-corrected chi connectivity index (χ0v) is 21.6. The molecule has 4 aromatic heterocycles. The van der Waals surface area contributed by atoms with E-state index in [4.69, 9.17) is 0 Å². The van der Waals surface area contributed by atoms with E-state index in [0.717, 1.165) is 17.7 Å². The highest BCUT2D eigenvalue weighted by atomic mass is 19.1. The highest BCUT2D eigenvalue weighted by Crippen LogP contribution is 2.28. The molecule has 5 rings (SSSR count). The lowest BCUT2D eigenvalue weighted by atomic mass is 10.0. The molecule has 0 aromatic carbocycles. The van der Waals surface area contributed by atoms with Crippen molar-refractivity contribution in [1.82, 2.24) is 34.4 Å². The van der Waals surface area contributed by atoms with Crippen LogP contribution in [0.1, 0.15) is 38.3 Å². The highest BCUT2D eigenvalue weighted by molar-refractivity contribution is 5.94. The van der Waals surface area contributed by atoms with Crippen molar-refractivity contribution < 1.29 is 9.18 Å². The smallest absolute Gasteiger partial charge is 0.241 e. The molecule has 1 N–H and O–H groups in total. The molecule has 1 atom stereocenters. The number of carbonyl (C=O) groups excluding carboxylic acids is 1. The summed E-state index contributed by atoms with van der Waals surface area (Å²) >= 11 is 0. The van der Waals surface area contributed by atoms with E-state index in [9.17, 15) is 9.18 Å². The van der Waals surface area contributed by atoms with Gasteiger partial charge in [0.15, 0.2) is 0 Å². The van der Waals surface area contributed by atoms with Crippen LogP contribution in [0, 0.1) is 12.9 Å². The predicted molar refractivity (Wildman–Crippen MR) is 140 cm³/mol. The van der Waals surface area contributed by atoms with Crippen LogP contribution in [-0.2, 0) is 4.79 Å². The number of fused-ring (bicyclic) bond motifs is 1. The number of aryl methyl sites for hydroxylation is 1. The molecule has 1 saturated heterocycles. The second-order valence-electron chi connectivity index (χ2n) is 9.82. The molecule has 1 aliphatic rings. The summed E-state index contributed by atoms with van der Waals surface area (Å²) in [4.78, 5) is 38.2. The zero-order chi connectivity index (χ0) is 26.3. The molecule has 1 unspecified atom stereocenters. The zero-order valence-electron chi connectivity index (χ0n) is 21.6. The van der Waals surface area contributed by atoms with E-state index < -0.39 is 5.95 Å². The molecular formula is C26H30FN9O. The number of anilines is 3. The van der Waals surface area contributed by atoms with E-state index in [0.29, 0.717) is 41.6 Å². The minimum Gasteiger partial charge on any atom is -0.328 e. The summed E-state index contributed by atoms with van der Waals surface area (Å²) in [6, 6.07) is 5.83. The van der Waals surface area contributed by atoms with Crippen LogP contribution in [-0.4, -0.2) is 67.0 Å². The van der Waals surface area contributed by atoms with Crippen molar-refractivity contribution in [3.63, 3.8) is 0 Å². The van der Waals surface area contributed by atoms with Crippen LogP contribution in [0.4, 0.5) is 21.8 Å². The molecule has 0 saturated carbocycles. The van der Waals surface area contributed by atoms with Gasteiger partial charge in [0.1, 0.15) is 11.3 Å². The van der Waals surface area contributed by atoms with Gasteiger partial charge in [-0.3, -0.25) is 4.79 Å². The van der Waals surface area contributed by atoms with Crippen LogP contribution >= 0.6 is 0 Å². The topological polar surface area (TPSA) is 105 Å². The summed E-state index contributed by atoms with van der Waals surface area (Å²) in [5, 5.41) is 3.10. The third-order valence-corrected chi connectivity index (χ3v) is 6.72. The Morgan fingerprint density at radius 2 is 1.95 bits per heavy atom. The monoisotopic (exact) mass is 503 g/mol. The van der Waals surface area contributed by atoms with Gasteiger partial charge in [-0.25, -0.2) is 24.9 Å². The van der Waals surface area contributed by atoms with E-state index in [2.05, 4.69) is 35.1 Å². The maximum atomic E-state index is 14.8. The molecule has 11 heteroatoms. The molecule has 192 valence electrons. The maximum absolute atomic E-state index is 14.8. The third kappa shape index (κ3) is 4.86. The van der Waals surface area contributed by atoms with Crippen LogP contribution in [0.5, 0.6) is 0 Å². The lowest BCUT2D eigenvalue weighted by Gasteiger charge is -2.34. The minimum absolute atomic E-state index is 0.0921. The second-order valence-corrected chi connectivity index (χ2v) is 9.82. The third-order valence-electron chi connectivity index (χ3n) is 6.72. The summed E-state index contributed by atoms with van der Waals surface area (Å²) in [5.74, 6) is 0.292. The van der Waals surface area contributed by atoms with E-state index in [1.807, 2.05) is 45.5 Å². The van der Waals surface area contributed by atoms with Crippen molar-refractivity contribution in [2.45, 2.75) is 45.7 Å². The van der Waals surface area contributed by atoms with Gasteiger partial charge in [0, 0.05) is 31.2 Å². The summed E-state index contributed by atoms with van der Waals surface area (Å²) in [7, 11) is 4.00. The average molecular weight is 504 g/mol. The number of carbonyl (C=O) groups is 1. The molecule has 10 nitrogen and oxygen atoms in total. The lowest BCUT2D eigenvalue weighted by Crippen LogP contribution is -2.45. The van der Waals surface area contributed by atoms with E-state index in [1.165, 1.54) is 0 Å². The van der Waals surface area contributed by atoms with E-state index >= 15 is 0 Å². The Labute approximate surface area is 214 Å². The number of amides is 1. The van der Waals surface area contributed by atoms with Gasteiger partial charge in [0.2, 0.25) is 17.8 Å². The van der Waals surface area contributed by atoms with Crippen LogP contribution in [0.15, 0.2) is 36.9 Å². The van der Waals surface area contributed by atoms with Crippen molar-refractivity contribution in [2.24, 2.45) is 0 Å². The van der Waals surface area contributed by atoms with Gasteiger partial charge < -0.3 is 19.7 Å². The number of nitrogens with one attached hydrogen (secondary N) is 1. The molecule has 5 heterocycles. The van der Waals surface area contributed by atoms with Crippen LogP contribution in [0.3, 0.4) is 0 Å². The standard InChI is InChI=1S/C26H30FN9O/c1-15(2)36-14-30-24-20(36)11-19(31-25(24)27)23-16(3)12-29-26(33-23)32-21-7-6-18(13-28-21)35-9-8-17(34(4)5)10-22(35)37/h6-7,11-15,17H,8-10H2,1-5H3,(H,28,29,32,33). The van der Waals surface area contributed by atoms with E-state index in [1.54, 1.807) is 35.8 Å². The molecule has 37 heavy (non-hydrogen) atoms. The molecule has 0 bridgehead atoms. The van der Waals surface area contributed by atoms with Crippen LogP contribution in [0.2, 0.25) is 0 Å². The van der Waals surface area contributed by atoms with Gasteiger partial charge in [-0.2, -0.15) is 4.39 Å². The number of nitrogens with zero attached hydrogens (tertiary/aromatic N) is 8. The van der Waals surface area contributed by atoms with Crippen LogP contribution < -0.4 is 10.2 Å².